The van der Waals surface area contributed by atoms with Crippen LogP contribution in [0.5, 0.6) is 0 Å². The summed E-state index contributed by atoms with van der Waals surface area (Å²) in [7, 11) is 0. The molecular weight excluding hydrogens is 370 g/mol. The van der Waals surface area contributed by atoms with Gasteiger partial charge in [0, 0.05) is 29.6 Å². The van der Waals surface area contributed by atoms with E-state index in [1.54, 1.807) is 11.3 Å². The second-order valence-corrected chi connectivity index (χ2v) is 8.55. The van der Waals surface area contributed by atoms with Crippen molar-refractivity contribution in [2.24, 2.45) is 0 Å². The number of anilines is 2. The molecule has 1 saturated heterocycles. The van der Waals surface area contributed by atoms with Crippen LogP contribution in [0.1, 0.15) is 48.9 Å². The number of nitrogens with zero attached hydrogens (tertiary/aromatic N) is 4. The minimum absolute atomic E-state index is 0.238. The van der Waals surface area contributed by atoms with Crippen LogP contribution in [0.15, 0.2) is 18.2 Å². The predicted octanol–water partition coefficient (Wildman–Crippen LogP) is 3.95. The monoisotopic (exact) mass is 401 g/mol. The summed E-state index contributed by atoms with van der Waals surface area (Å²) in [4.78, 5) is 27.1. The number of aromatic nitrogens is 2. The fourth-order valence-electron chi connectivity index (χ4n) is 3.64. The first-order chi connectivity index (χ1) is 13.5. The van der Waals surface area contributed by atoms with E-state index < -0.39 is 0 Å². The van der Waals surface area contributed by atoms with E-state index in [-0.39, 0.29) is 5.91 Å². The first-order valence-corrected chi connectivity index (χ1v) is 11.0. The number of likely N-dealkylation sites (N-methyl/N-ethyl adjacent to an activating group) is 1. The molecule has 0 spiro atoms. The second kappa shape index (κ2) is 9.47. The maximum atomic E-state index is 12.3. The normalized spacial score (nSPS) is 15.6. The topological polar surface area (TPSA) is 61.4 Å². The lowest BCUT2D eigenvalue weighted by Crippen LogP contribution is -2.43. The Morgan fingerprint density at radius 3 is 2.54 bits per heavy atom. The molecule has 3 rings (SSSR count). The van der Waals surface area contributed by atoms with E-state index in [1.165, 1.54) is 4.88 Å². The summed E-state index contributed by atoms with van der Waals surface area (Å²) >= 11 is 1.66. The first-order valence-electron chi connectivity index (χ1n) is 10.2. The molecule has 0 unspecified atom stereocenters. The van der Waals surface area contributed by atoms with Crippen LogP contribution in [0.3, 0.4) is 0 Å². The number of likely N-dealkylation sites (tertiary alicyclic amines) is 1. The molecule has 6 nitrogen and oxygen atoms in total. The van der Waals surface area contributed by atoms with Crippen molar-refractivity contribution in [3.05, 3.63) is 34.5 Å². The van der Waals surface area contributed by atoms with Crippen molar-refractivity contribution in [3.8, 4) is 0 Å². The summed E-state index contributed by atoms with van der Waals surface area (Å²) in [5, 5.41) is 4.23. The van der Waals surface area contributed by atoms with E-state index >= 15 is 0 Å². The number of piperidine rings is 1. The number of amides is 1. The molecule has 0 atom stereocenters. The average molecular weight is 402 g/mol. The average Bonchev–Trinajstić information content (AvgIpc) is 3.00. The quantitative estimate of drug-likeness (QED) is 0.761. The molecule has 1 N–H and O–H groups in total. The summed E-state index contributed by atoms with van der Waals surface area (Å²) in [5.74, 6) is 1.54. The zero-order valence-electron chi connectivity index (χ0n) is 17.4. The van der Waals surface area contributed by atoms with Gasteiger partial charge in [0.25, 0.3) is 0 Å². The van der Waals surface area contributed by atoms with Gasteiger partial charge in [-0.3, -0.25) is 9.69 Å². The van der Waals surface area contributed by atoms with Gasteiger partial charge in [0.05, 0.1) is 12.2 Å². The fourth-order valence-corrected chi connectivity index (χ4v) is 4.46. The molecule has 7 heteroatoms. The summed E-state index contributed by atoms with van der Waals surface area (Å²) in [6.45, 7) is 12.2. The smallest absolute Gasteiger partial charge is 0.236 e. The van der Waals surface area contributed by atoms with Crippen LogP contribution in [-0.4, -0.2) is 58.4 Å². The number of thiazole rings is 1. The van der Waals surface area contributed by atoms with Gasteiger partial charge < -0.3 is 10.2 Å². The van der Waals surface area contributed by atoms with Crippen molar-refractivity contribution in [1.82, 2.24) is 19.8 Å². The number of hydrogen-bond donors (Lipinski definition) is 1. The molecule has 1 aliphatic rings. The van der Waals surface area contributed by atoms with E-state index in [9.17, 15) is 4.79 Å². The van der Waals surface area contributed by atoms with Crippen molar-refractivity contribution in [1.29, 1.82) is 0 Å². The zero-order valence-corrected chi connectivity index (χ0v) is 18.2. The van der Waals surface area contributed by atoms with Crippen LogP contribution in [0.25, 0.3) is 0 Å². The van der Waals surface area contributed by atoms with Crippen LogP contribution in [0, 0.1) is 13.8 Å². The highest BCUT2D eigenvalue weighted by atomic mass is 32.1. The highest BCUT2D eigenvalue weighted by Crippen LogP contribution is 2.29. The Balaban J connectivity index is 1.56. The maximum Gasteiger partial charge on any atom is 0.236 e. The lowest BCUT2D eigenvalue weighted by atomic mass is 9.93. The third-order valence-electron chi connectivity index (χ3n) is 5.52. The lowest BCUT2D eigenvalue weighted by Gasteiger charge is -2.32. The summed E-state index contributed by atoms with van der Waals surface area (Å²) < 4.78 is 0. The number of pyridine rings is 1. The van der Waals surface area contributed by atoms with Crippen molar-refractivity contribution in [2.45, 2.75) is 46.5 Å². The Labute approximate surface area is 172 Å². The molecule has 1 fully saturated rings. The maximum absolute atomic E-state index is 12.3. The van der Waals surface area contributed by atoms with E-state index in [2.05, 4.69) is 34.3 Å². The van der Waals surface area contributed by atoms with Crippen LogP contribution in [-0.2, 0) is 4.79 Å². The predicted molar refractivity (Wildman–Crippen MR) is 115 cm³/mol. The highest BCUT2D eigenvalue weighted by Gasteiger charge is 2.24. The van der Waals surface area contributed by atoms with E-state index in [4.69, 9.17) is 4.98 Å². The van der Waals surface area contributed by atoms with Gasteiger partial charge in [-0.15, -0.1) is 11.3 Å². The van der Waals surface area contributed by atoms with Gasteiger partial charge in [-0.25, -0.2) is 9.97 Å². The van der Waals surface area contributed by atoms with E-state index in [1.807, 2.05) is 31.7 Å². The zero-order chi connectivity index (χ0) is 20.1. The number of carbonyl (C=O) groups excluding carboxylic acids is 1. The van der Waals surface area contributed by atoms with Crippen molar-refractivity contribution < 1.29 is 4.79 Å². The molecule has 0 saturated carbocycles. The second-order valence-electron chi connectivity index (χ2n) is 7.35. The Hall–Kier alpha value is -1.99. The molecule has 0 radical (unpaired) electrons. The van der Waals surface area contributed by atoms with Gasteiger partial charge in [-0.05, 0) is 65.8 Å². The van der Waals surface area contributed by atoms with Crippen molar-refractivity contribution >= 4 is 28.2 Å². The number of aryl methyl sites for hydroxylation is 2. The van der Waals surface area contributed by atoms with Crippen molar-refractivity contribution in [2.75, 3.05) is 38.0 Å². The standard InChI is InChI=1S/C21H31N5OS/c1-5-26(6-2)20(27)14-25-12-10-17(11-13-25)18-8-7-9-19(23-18)24-21-22-15(3)16(4)28-21/h7-9,17H,5-6,10-14H2,1-4H3,(H,22,23,24). The van der Waals surface area contributed by atoms with Crippen molar-refractivity contribution in [3.63, 3.8) is 0 Å². The third-order valence-corrected chi connectivity index (χ3v) is 6.50. The molecular formula is C21H31N5OS. The lowest BCUT2D eigenvalue weighted by molar-refractivity contribution is -0.132. The summed E-state index contributed by atoms with van der Waals surface area (Å²) in [6, 6.07) is 6.17. The summed E-state index contributed by atoms with van der Waals surface area (Å²) in [5.41, 5.74) is 2.19. The number of hydrogen-bond acceptors (Lipinski definition) is 6. The minimum atomic E-state index is 0.238. The number of rotatable bonds is 7. The molecule has 28 heavy (non-hydrogen) atoms. The van der Waals surface area contributed by atoms with E-state index in [0.29, 0.717) is 12.5 Å². The molecule has 0 aromatic carbocycles. The molecule has 1 amide bonds. The third kappa shape index (κ3) is 5.08. The van der Waals surface area contributed by atoms with Gasteiger partial charge in [0.2, 0.25) is 5.91 Å². The molecule has 2 aromatic heterocycles. The molecule has 1 aliphatic heterocycles. The minimum Gasteiger partial charge on any atom is -0.342 e. The van der Waals surface area contributed by atoms with E-state index in [0.717, 1.165) is 61.4 Å². The Morgan fingerprint density at radius 2 is 1.93 bits per heavy atom. The first kappa shape index (κ1) is 20.7. The Kier molecular flexibility index (Phi) is 7.02. The summed E-state index contributed by atoms with van der Waals surface area (Å²) in [6.07, 6.45) is 2.08. The van der Waals surface area contributed by atoms with Gasteiger partial charge in [-0.1, -0.05) is 6.07 Å². The van der Waals surface area contributed by atoms with Crippen LogP contribution in [0.2, 0.25) is 0 Å². The van der Waals surface area contributed by atoms with Gasteiger partial charge in [-0.2, -0.15) is 0 Å². The molecule has 3 heterocycles. The van der Waals surface area contributed by atoms with Gasteiger partial charge in [0.15, 0.2) is 5.13 Å². The van der Waals surface area contributed by atoms with Gasteiger partial charge >= 0.3 is 0 Å². The Bertz CT molecular complexity index is 774. The SMILES string of the molecule is CCN(CC)C(=O)CN1CCC(c2cccc(Nc3nc(C)c(C)s3)n2)CC1. The van der Waals surface area contributed by atoms with Crippen LogP contribution >= 0.6 is 11.3 Å². The van der Waals surface area contributed by atoms with Gasteiger partial charge in [0.1, 0.15) is 5.82 Å². The number of carbonyl (C=O) groups is 1. The molecule has 0 aliphatic carbocycles. The van der Waals surface area contributed by atoms with Crippen LogP contribution < -0.4 is 5.32 Å². The fraction of sp³-hybridized carbons (Fsp3) is 0.571. The Morgan fingerprint density at radius 1 is 1.21 bits per heavy atom. The molecule has 2 aromatic rings. The molecule has 0 bridgehead atoms. The number of nitrogens with one attached hydrogen (secondary N) is 1. The highest BCUT2D eigenvalue weighted by molar-refractivity contribution is 7.15. The molecule has 152 valence electrons. The van der Waals surface area contributed by atoms with Crippen LogP contribution in [0.4, 0.5) is 10.9 Å². The largest absolute Gasteiger partial charge is 0.342 e.